The highest BCUT2D eigenvalue weighted by molar-refractivity contribution is 8.12. The molecule has 0 radical (unpaired) electrons. The Morgan fingerprint density at radius 3 is 2.24 bits per heavy atom. The second kappa shape index (κ2) is 14.6. The Morgan fingerprint density at radius 2 is 1.66 bits per heavy atom. The summed E-state index contributed by atoms with van der Waals surface area (Å²) in [6.45, 7) is -0.500. The summed E-state index contributed by atoms with van der Waals surface area (Å²) in [5.74, 6) is 4.35. The number of carbonyl (C=O) groups excluding carboxylic acids is 1. The first-order valence-corrected chi connectivity index (χ1v) is 15.9. The van der Waals surface area contributed by atoms with Gasteiger partial charge in [-0.2, -0.15) is 54.0 Å². The molecule has 1 aromatic carbocycles. The van der Waals surface area contributed by atoms with Crippen molar-refractivity contribution in [3.63, 3.8) is 0 Å². The number of hydrogen-bond donors (Lipinski definition) is 1. The van der Waals surface area contributed by atoms with Crippen molar-refractivity contribution in [2.24, 2.45) is 17.3 Å². The Labute approximate surface area is 279 Å². The van der Waals surface area contributed by atoms with Crippen molar-refractivity contribution in [1.82, 2.24) is 0 Å². The zero-order chi connectivity index (χ0) is 26.6. The lowest BCUT2D eigenvalue weighted by atomic mass is 9.51. The molecule has 0 spiro atoms. The molecule has 0 heterocycles. The van der Waals surface area contributed by atoms with Gasteiger partial charge < -0.3 is 19.1 Å². The van der Waals surface area contributed by atoms with Crippen LogP contribution in [-0.2, 0) is 25.6 Å². The molecule has 0 amide bonds. The largest absolute Gasteiger partial charge is 0.378 e. The van der Waals surface area contributed by atoms with E-state index in [-0.39, 0.29) is 65.7 Å². The van der Waals surface area contributed by atoms with Crippen molar-refractivity contribution in [1.29, 1.82) is 0 Å². The number of aliphatic hydroxyl groups is 1. The Balaban J connectivity index is 0.00000210. The Hall–Kier alpha value is -0.340. The summed E-state index contributed by atoms with van der Waals surface area (Å²) < 4.78 is 10.8. The Kier molecular flexibility index (Phi) is 13.8. The number of nitrogens with zero attached hydrogens (tertiary/aromatic N) is 1. The highest BCUT2D eigenvalue weighted by atomic mass is 32.5. The summed E-state index contributed by atoms with van der Waals surface area (Å²) in [5, 5.41) is 12.1. The summed E-state index contributed by atoms with van der Waals surface area (Å²) in [4.78, 5) is 14.4. The SMILES string of the molecule is COP(=S)(C#C[C@]1(O)CC[C@H]2[C@@H]3CCC4=CC(=O)CCC4=C3[C@@H](c3ccc(N(C)C)cc3)C[C@@]21C)OC.S.S.S.S. The van der Waals surface area contributed by atoms with E-state index in [0.29, 0.717) is 24.7 Å². The molecule has 11 heteroatoms. The van der Waals surface area contributed by atoms with Gasteiger partial charge in [-0.15, -0.1) is 0 Å². The lowest BCUT2D eigenvalue weighted by molar-refractivity contribution is -0.114. The molecule has 230 valence electrons. The van der Waals surface area contributed by atoms with Gasteiger partial charge >= 0.3 is 0 Å². The van der Waals surface area contributed by atoms with Gasteiger partial charge in [0.2, 0.25) is 0 Å². The van der Waals surface area contributed by atoms with Crippen LogP contribution < -0.4 is 4.90 Å². The van der Waals surface area contributed by atoms with Crippen LogP contribution in [0.15, 0.2) is 47.1 Å². The van der Waals surface area contributed by atoms with E-state index in [2.05, 4.69) is 61.8 Å². The van der Waals surface area contributed by atoms with E-state index in [9.17, 15) is 9.90 Å². The molecule has 1 aromatic rings. The molecule has 2 fully saturated rings. The van der Waals surface area contributed by atoms with E-state index in [1.54, 1.807) is 0 Å². The van der Waals surface area contributed by atoms with Gasteiger partial charge in [0.15, 0.2) is 5.78 Å². The summed E-state index contributed by atoms with van der Waals surface area (Å²) in [6, 6.07) is 8.86. The average molecular weight is 676 g/mol. The fourth-order valence-electron chi connectivity index (χ4n) is 7.50. The average Bonchev–Trinajstić information content (AvgIpc) is 3.17. The second-order valence-electron chi connectivity index (χ2n) is 11.5. The van der Waals surface area contributed by atoms with Gasteiger partial charge in [0.05, 0.1) is 0 Å². The smallest absolute Gasteiger partial charge is 0.263 e. The fraction of sp³-hybridized carbons (Fsp3) is 0.567. The first-order chi connectivity index (χ1) is 17.5. The van der Waals surface area contributed by atoms with Crippen molar-refractivity contribution < 1.29 is 18.9 Å². The van der Waals surface area contributed by atoms with Gasteiger partial charge in [-0.1, -0.05) is 30.6 Å². The molecule has 5 rings (SSSR count). The topological polar surface area (TPSA) is 59.0 Å². The second-order valence-corrected chi connectivity index (χ2v) is 14.9. The van der Waals surface area contributed by atoms with Gasteiger partial charge in [0, 0.05) is 51.8 Å². The van der Waals surface area contributed by atoms with Crippen LogP contribution in [0.4, 0.5) is 5.69 Å². The third kappa shape index (κ3) is 6.84. The van der Waals surface area contributed by atoms with Crippen molar-refractivity contribution in [2.75, 3.05) is 33.2 Å². The Morgan fingerprint density at radius 1 is 1.02 bits per heavy atom. The normalized spacial score (nSPS) is 29.9. The van der Waals surface area contributed by atoms with E-state index in [4.69, 9.17) is 20.9 Å². The van der Waals surface area contributed by atoms with E-state index >= 15 is 0 Å². The van der Waals surface area contributed by atoms with Gasteiger partial charge in [-0.05, 0) is 103 Å². The van der Waals surface area contributed by atoms with Crippen LogP contribution in [-0.4, -0.2) is 44.8 Å². The molecule has 0 unspecified atom stereocenters. The maximum absolute atomic E-state index is 12.3. The number of ketones is 1. The summed E-state index contributed by atoms with van der Waals surface area (Å²) in [7, 11) is 7.16. The highest BCUT2D eigenvalue weighted by Gasteiger charge is 2.62. The minimum atomic E-state index is -2.74. The van der Waals surface area contributed by atoms with Crippen LogP contribution in [0.2, 0.25) is 0 Å². The zero-order valence-corrected chi connectivity index (χ0v) is 30.3. The van der Waals surface area contributed by atoms with Crippen molar-refractivity contribution in [3.8, 4) is 11.6 Å². The van der Waals surface area contributed by atoms with Crippen LogP contribution in [0, 0.1) is 28.8 Å². The van der Waals surface area contributed by atoms with E-state index in [1.165, 1.54) is 42.2 Å². The minimum absolute atomic E-state index is 0. The summed E-state index contributed by atoms with van der Waals surface area (Å²) >= 11 is 5.51. The molecule has 5 atom stereocenters. The molecule has 4 aliphatic carbocycles. The van der Waals surface area contributed by atoms with Gasteiger partial charge in [-0.3, -0.25) is 4.79 Å². The molecule has 5 nitrogen and oxygen atoms in total. The van der Waals surface area contributed by atoms with Gasteiger partial charge in [0.1, 0.15) is 5.60 Å². The standard InChI is InChI=1S/C30H38NO4PS.4H2S/c1-29-19-26(20-6-9-22(10-7-20)31(2)3)28-24-13-11-23(32)18-21(24)8-12-25(28)27(29)14-15-30(29,33)16-17-36(37,34-4)35-5;;;;/h6-7,9-10,18,25-27,33H,8,11-15,19H2,1-5H3;4*1H2/t25-,26+,27-,29-,30+;;;;/m0..../s1. The van der Waals surface area contributed by atoms with Gasteiger partial charge in [0.25, 0.3) is 6.49 Å². The van der Waals surface area contributed by atoms with Crippen molar-refractivity contribution in [3.05, 3.63) is 52.6 Å². The monoisotopic (exact) mass is 675 g/mol. The van der Waals surface area contributed by atoms with Crippen molar-refractivity contribution >= 4 is 83.8 Å². The van der Waals surface area contributed by atoms with Crippen molar-refractivity contribution in [2.45, 2.75) is 63.4 Å². The lowest BCUT2D eigenvalue weighted by Crippen LogP contribution is -2.51. The van der Waals surface area contributed by atoms with Crippen LogP contribution >= 0.6 is 60.5 Å². The predicted molar refractivity (Wildman–Crippen MR) is 194 cm³/mol. The lowest BCUT2D eigenvalue weighted by Gasteiger charge is -2.53. The molecule has 0 aromatic heterocycles. The highest BCUT2D eigenvalue weighted by Crippen LogP contribution is 2.67. The molecular weight excluding hydrogens is 630 g/mol. The van der Waals surface area contributed by atoms with Gasteiger partial charge in [-0.25, -0.2) is 0 Å². The molecule has 0 saturated heterocycles. The Bertz CT molecular complexity index is 1280. The fourth-order valence-corrected chi connectivity index (χ4v) is 8.29. The van der Waals surface area contributed by atoms with Crippen LogP contribution in [0.3, 0.4) is 0 Å². The number of anilines is 1. The van der Waals surface area contributed by atoms with E-state index in [1.807, 2.05) is 6.08 Å². The molecule has 0 bridgehead atoms. The molecular formula is C30H46NO4PS5. The third-order valence-corrected chi connectivity index (χ3v) is 12.1. The molecule has 2 saturated carbocycles. The summed E-state index contributed by atoms with van der Waals surface area (Å²) in [6.07, 6.45) is 7.64. The van der Waals surface area contributed by atoms with Crippen LogP contribution in [0.5, 0.6) is 0 Å². The molecule has 1 N–H and O–H groups in total. The molecule has 41 heavy (non-hydrogen) atoms. The summed E-state index contributed by atoms with van der Waals surface area (Å²) in [5.41, 5.74) is 8.11. The van der Waals surface area contributed by atoms with E-state index in [0.717, 1.165) is 32.1 Å². The number of fused-ring (bicyclic) bond motifs is 4. The maximum atomic E-state index is 12.3. The minimum Gasteiger partial charge on any atom is -0.378 e. The number of hydrogen-bond acceptors (Lipinski definition) is 6. The number of rotatable bonds is 4. The number of benzene rings is 1. The third-order valence-electron chi connectivity index (χ3n) is 9.58. The van der Waals surface area contributed by atoms with Crippen LogP contribution in [0.1, 0.15) is 63.4 Å². The quantitative estimate of drug-likeness (QED) is 0.295. The maximum Gasteiger partial charge on any atom is 0.263 e. The first-order valence-electron chi connectivity index (χ1n) is 13.3. The molecule has 0 aliphatic heterocycles. The zero-order valence-electron chi connectivity index (χ0n) is 24.5. The number of carbonyl (C=O) groups is 1. The predicted octanol–water partition coefficient (Wildman–Crippen LogP) is 6.40. The van der Waals surface area contributed by atoms with Crippen LogP contribution in [0.25, 0.3) is 0 Å². The number of allylic oxidation sites excluding steroid dienone is 4. The first kappa shape index (κ1) is 38.7. The molecule has 4 aliphatic rings. The van der Waals surface area contributed by atoms with E-state index < -0.39 is 17.5 Å².